The molecule has 2 aromatic rings. The molecule has 0 fully saturated rings. The van der Waals surface area contributed by atoms with Crippen LogP contribution in [0.3, 0.4) is 0 Å². The molecule has 0 radical (unpaired) electrons. The first-order valence-electron chi connectivity index (χ1n) is 6.27. The Morgan fingerprint density at radius 1 is 0.952 bits per heavy atom. The van der Waals surface area contributed by atoms with Gasteiger partial charge in [-0.05, 0) is 12.1 Å². The highest BCUT2D eigenvalue weighted by atomic mass is 35.7. The number of benzene rings is 2. The minimum absolute atomic E-state index is 0.0521. The average molecular weight is 349 g/mol. The highest BCUT2D eigenvalue weighted by Crippen LogP contribution is 2.31. The van der Waals surface area contributed by atoms with Gasteiger partial charge in [-0.2, -0.15) is 0 Å². The van der Waals surface area contributed by atoms with Crippen molar-refractivity contribution in [3.05, 3.63) is 41.4 Å². The van der Waals surface area contributed by atoms with Gasteiger partial charge in [-0.3, -0.25) is 0 Å². The topological polar surface area (TPSA) is 52.6 Å². The molecule has 0 aliphatic heterocycles. The van der Waals surface area contributed by atoms with Crippen molar-refractivity contribution in [1.82, 2.24) is 0 Å². The Kier molecular flexibility index (Phi) is 5.70. The first-order valence-corrected chi connectivity index (χ1v) is 9.13. The summed E-state index contributed by atoms with van der Waals surface area (Å²) in [5.74, 6) is 0.502. The van der Waals surface area contributed by atoms with Gasteiger partial charge in [0.2, 0.25) is 9.05 Å². The Labute approximate surface area is 133 Å². The molecule has 2 rings (SSSR count). The van der Waals surface area contributed by atoms with E-state index in [0.717, 1.165) is 10.8 Å². The minimum atomic E-state index is -3.51. The van der Waals surface area contributed by atoms with Gasteiger partial charge < -0.3 is 9.47 Å². The maximum absolute atomic E-state index is 10.7. The van der Waals surface area contributed by atoms with Gasteiger partial charge in [0.25, 0.3) is 0 Å². The summed E-state index contributed by atoms with van der Waals surface area (Å²) in [6.45, 7) is 0.647. The van der Waals surface area contributed by atoms with E-state index in [9.17, 15) is 8.42 Å². The summed E-state index contributed by atoms with van der Waals surface area (Å²) >= 11 is 6.12. The molecular weight excluding hydrogens is 335 g/mol. The minimum Gasteiger partial charge on any atom is -0.491 e. The SMILES string of the molecule is O=S(=O)(Cl)CCOCCOc1ccc(Cl)c2ccccc12. The van der Waals surface area contributed by atoms with Gasteiger partial charge in [-0.25, -0.2) is 8.42 Å². The van der Waals surface area contributed by atoms with Crippen LogP contribution in [0.1, 0.15) is 0 Å². The molecule has 0 heterocycles. The summed E-state index contributed by atoms with van der Waals surface area (Å²) in [6, 6.07) is 11.2. The summed E-state index contributed by atoms with van der Waals surface area (Å²) in [7, 11) is 1.57. The molecular formula is C14H14Cl2O4S. The van der Waals surface area contributed by atoms with Crippen LogP contribution in [0.25, 0.3) is 10.8 Å². The number of hydrogen-bond acceptors (Lipinski definition) is 4. The molecule has 0 unspecified atom stereocenters. The Morgan fingerprint density at radius 3 is 2.38 bits per heavy atom. The van der Waals surface area contributed by atoms with Crippen LogP contribution in [0.5, 0.6) is 5.75 Å². The Hall–Kier alpha value is -1.01. The van der Waals surface area contributed by atoms with Crippen LogP contribution in [0, 0.1) is 0 Å². The second-order valence-corrected chi connectivity index (χ2v) is 7.60. The lowest BCUT2D eigenvalue weighted by atomic mass is 10.1. The summed E-state index contributed by atoms with van der Waals surface area (Å²) in [6.07, 6.45) is 0. The van der Waals surface area contributed by atoms with E-state index in [1.807, 2.05) is 24.3 Å². The third kappa shape index (κ3) is 5.04. The molecule has 0 saturated carbocycles. The zero-order valence-electron chi connectivity index (χ0n) is 11.1. The van der Waals surface area contributed by atoms with Crippen LogP contribution in [0.4, 0.5) is 0 Å². The average Bonchev–Trinajstić information content (AvgIpc) is 2.44. The molecule has 0 aromatic heterocycles. The standard InChI is InChI=1S/C14H14Cl2O4S/c15-13-5-6-14(12-4-2-1-3-11(12)13)20-8-7-19-9-10-21(16,17)18/h1-6H,7-10H2. The predicted octanol–water partition coefficient (Wildman–Crippen LogP) is 3.46. The van der Waals surface area contributed by atoms with Crippen LogP contribution in [0.2, 0.25) is 5.02 Å². The van der Waals surface area contributed by atoms with Crippen LogP contribution >= 0.6 is 22.3 Å². The summed E-state index contributed by atoms with van der Waals surface area (Å²) in [4.78, 5) is 0. The van der Waals surface area contributed by atoms with Crippen LogP contribution in [-0.2, 0) is 13.8 Å². The van der Waals surface area contributed by atoms with E-state index in [2.05, 4.69) is 0 Å². The van der Waals surface area contributed by atoms with Crippen LogP contribution < -0.4 is 4.74 Å². The van der Waals surface area contributed by atoms with Crippen LogP contribution in [0.15, 0.2) is 36.4 Å². The predicted molar refractivity (Wildman–Crippen MR) is 84.9 cm³/mol. The van der Waals surface area contributed by atoms with E-state index >= 15 is 0 Å². The van der Waals surface area contributed by atoms with E-state index in [4.69, 9.17) is 31.8 Å². The van der Waals surface area contributed by atoms with Gasteiger partial charge in [-0.15, -0.1) is 0 Å². The Morgan fingerprint density at radius 2 is 1.67 bits per heavy atom. The van der Waals surface area contributed by atoms with Gasteiger partial charge in [-0.1, -0.05) is 35.9 Å². The summed E-state index contributed by atoms with van der Waals surface area (Å²) in [5.41, 5.74) is 0. The van der Waals surface area contributed by atoms with Crippen molar-refractivity contribution in [1.29, 1.82) is 0 Å². The lowest BCUT2D eigenvalue weighted by molar-refractivity contribution is 0.112. The maximum atomic E-state index is 10.7. The fraction of sp³-hybridized carbons (Fsp3) is 0.286. The van der Waals surface area contributed by atoms with E-state index in [1.165, 1.54) is 0 Å². The van der Waals surface area contributed by atoms with E-state index in [-0.39, 0.29) is 19.0 Å². The highest BCUT2D eigenvalue weighted by molar-refractivity contribution is 8.13. The van der Waals surface area contributed by atoms with Crippen molar-refractivity contribution in [3.63, 3.8) is 0 Å². The largest absolute Gasteiger partial charge is 0.491 e. The monoisotopic (exact) mass is 348 g/mol. The van der Waals surface area contributed by atoms with Crippen molar-refractivity contribution in [2.45, 2.75) is 0 Å². The lowest BCUT2D eigenvalue weighted by Crippen LogP contribution is -2.12. The second kappa shape index (κ2) is 7.31. The fourth-order valence-corrected chi connectivity index (χ4v) is 2.57. The molecule has 0 N–H and O–H groups in total. The summed E-state index contributed by atoms with van der Waals surface area (Å²) < 4.78 is 32.2. The molecule has 0 spiro atoms. The van der Waals surface area contributed by atoms with Gasteiger partial charge in [0, 0.05) is 26.5 Å². The number of rotatable bonds is 7. The third-order valence-corrected chi connectivity index (χ3v) is 4.23. The molecule has 0 atom stereocenters. The molecule has 0 saturated heterocycles. The Bertz CT molecular complexity index is 716. The number of halogens is 2. The van der Waals surface area contributed by atoms with Gasteiger partial charge in [0.05, 0.1) is 19.0 Å². The molecule has 0 amide bonds. The molecule has 2 aromatic carbocycles. The molecule has 0 aliphatic rings. The number of ether oxygens (including phenoxy) is 2. The summed E-state index contributed by atoms with van der Waals surface area (Å²) in [5, 5.41) is 2.51. The van der Waals surface area contributed by atoms with Gasteiger partial charge in [0.15, 0.2) is 0 Å². The first-order chi connectivity index (χ1) is 9.97. The van der Waals surface area contributed by atoms with Gasteiger partial charge in [0.1, 0.15) is 12.4 Å². The molecule has 0 aliphatic carbocycles. The lowest BCUT2D eigenvalue weighted by Gasteiger charge is -2.10. The third-order valence-electron chi connectivity index (χ3n) is 2.79. The fourth-order valence-electron chi connectivity index (χ4n) is 1.83. The van der Waals surface area contributed by atoms with E-state index < -0.39 is 9.05 Å². The Balaban J connectivity index is 1.88. The maximum Gasteiger partial charge on any atom is 0.234 e. The molecule has 21 heavy (non-hydrogen) atoms. The van der Waals surface area contributed by atoms with Crippen molar-refractivity contribution in [2.75, 3.05) is 25.6 Å². The zero-order chi connectivity index (χ0) is 15.3. The van der Waals surface area contributed by atoms with E-state index in [0.29, 0.717) is 17.4 Å². The zero-order valence-corrected chi connectivity index (χ0v) is 13.4. The molecule has 7 heteroatoms. The highest BCUT2D eigenvalue weighted by Gasteiger charge is 2.06. The van der Waals surface area contributed by atoms with Crippen LogP contribution in [-0.4, -0.2) is 34.0 Å². The van der Waals surface area contributed by atoms with Crippen molar-refractivity contribution in [3.8, 4) is 5.75 Å². The number of fused-ring (bicyclic) bond motifs is 1. The normalized spacial score (nSPS) is 11.7. The van der Waals surface area contributed by atoms with Crippen molar-refractivity contribution >= 4 is 42.1 Å². The first kappa shape index (κ1) is 16.4. The molecule has 0 bridgehead atoms. The van der Waals surface area contributed by atoms with Crippen molar-refractivity contribution in [2.24, 2.45) is 0 Å². The molecule has 114 valence electrons. The van der Waals surface area contributed by atoms with Gasteiger partial charge >= 0.3 is 0 Å². The molecule has 4 nitrogen and oxygen atoms in total. The smallest absolute Gasteiger partial charge is 0.234 e. The number of hydrogen-bond donors (Lipinski definition) is 0. The van der Waals surface area contributed by atoms with E-state index in [1.54, 1.807) is 12.1 Å². The quantitative estimate of drug-likeness (QED) is 0.567. The van der Waals surface area contributed by atoms with Crippen molar-refractivity contribution < 1.29 is 17.9 Å². The second-order valence-electron chi connectivity index (χ2n) is 4.29.